The van der Waals surface area contributed by atoms with Gasteiger partial charge in [0, 0.05) is 7.05 Å². The number of nitrogens with one attached hydrogen (secondary N) is 1. The van der Waals surface area contributed by atoms with Crippen molar-refractivity contribution in [1.29, 1.82) is 0 Å². The summed E-state index contributed by atoms with van der Waals surface area (Å²) >= 11 is 0. The van der Waals surface area contributed by atoms with E-state index in [1.54, 1.807) is 18.0 Å². The third-order valence-electron chi connectivity index (χ3n) is 3.11. The molecule has 1 aromatic heterocycles. The fourth-order valence-electron chi connectivity index (χ4n) is 2.20. The molecule has 2 rings (SSSR count). The number of nitrogens with two attached hydrogens (primary N) is 1. The maximum Gasteiger partial charge on any atom is 0.161 e. The van der Waals surface area contributed by atoms with Gasteiger partial charge in [-0.1, -0.05) is 12.1 Å². The molecule has 1 atom stereocenters. The van der Waals surface area contributed by atoms with Crippen LogP contribution in [0.3, 0.4) is 0 Å². The van der Waals surface area contributed by atoms with Crippen molar-refractivity contribution < 1.29 is 9.47 Å². The van der Waals surface area contributed by atoms with E-state index in [0.717, 1.165) is 17.0 Å². The molecule has 6 nitrogen and oxygen atoms in total. The fraction of sp³-hybridized carbons (Fsp3) is 0.357. The summed E-state index contributed by atoms with van der Waals surface area (Å²) in [4.78, 5) is 0. The third-order valence-corrected chi connectivity index (χ3v) is 3.11. The molecule has 1 unspecified atom stereocenters. The zero-order valence-corrected chi connectivity index (χ0v) is 12.0. The largest absolute Gasteiger partial charge is 0.494 e. The number of hydrogen-bond donors (Lipinski definition) is 2. The lowest BCUT2D eigenvalue weighted by Gasteiger charge is -2.19. The average Bonchev–Trinajstić information content (AvgIpc) is 2.82. The van der Waals surface area contributed by atoms with Gasteiger partial charge in [-0.3, -0.25) is 10.5 Å². The molecule has 3 N–H and O–H groups in total. The Hall–Kier alpha value is -2.05. The van der Waals surface area contributed by atoms with Gasteiger partial charge < -0.3 is 9.47 Å². The Kier molecular flexibility index (Phi) is 4.60. The van der Waals surface area contributed by atoms with E-state index in [4.69, 9.17) is 15.3 Å². The number of hydrazine groups is 1. The van der Waals surface area contributed by atoms with Crippen molar-refractivity contribution in [2.45, 2.75) is 13.0 Å². The summed E-state index contributed by atoms with van der Waals surface area (Å²) in [6.45, 7) is 2.58. The number of aryl methyl sites for hydroxylation is 1. The maximum absolute atomic E-state index is 5.73. The van der Waals surface area contributed by atoms with Crippen LogP contribution < -0.4 is 20.7 Å². The van der Waals surface area contributed by atoms with E-state index in [2.05, 4.69) is 10.5 Å². The molecule has 6 heteroatoms. The third kappa shape index (κ3) is 2.76. The molecule has 0 fully saturated rings. The Bertz CT molecular complexity index is 568. The first-order chi connectivity index (χ1) is 9.71. The molecule has 0 aliphatic carbocycles. The molecule has 0 radical (unpaired) electrons. The molecule has 0 saturated carbocycles. The predicted molar refractivity (Wildman–Crippen MR) is 76.5 cm³/mol. The van der Waals surface area contributed by atoms with Crippen LogP contribution in [-0.2, 0) is 7.05 Å². The van der Waals surface area contributed by atoms with Gasteiger partial charge >= 0.3 is 0 Å². The Morgan fingerprint density at radius 3 is 2.90 bits per heavy atom. The van der Waals surface area contributed by atoms with Crippen molar-refractivity contribution in [3.63, 3.8) is 0 Å². The van der Waals surface area contributed by atoms with Crippen LogP contribution in [0.4, 0.5) is 0 Å². The van der Waals surface area contributed by atoms with Crippen molar-refractivity contribution in [1.82, 2.24) is 15.2 Å². The number of nitrogens with zero attached hydrogens (tertiary/aromatic N) is 2. The molecule has 20 heavy (non-hydrogen) atoms. The lowest BCUT2D eigenvalue weighted by atomic mass is 10.0. The second kappa shape index (κ2) is 6.40. The summed E-state index contributed by atoms with van der Waals surface area (Å²) in [6, 6.07) is 7.58. The van der Waals surface area contributed by atoms with Gasteiger partial charge in [-0.25, -0.2) is 5.43 Å². The molecule has 0 spiro atoms. The van der Waals surface area contributed by atoms with Crippen molar-refractivity contribution in [3.8, 4) is 11.5 Å². The number of ether oxygens (including phenoxy) is 2. The van der Waals surface area contributed by atoms with E-state index in [9.17, 15) is 0 Å². The van der Waals surface area contributed by atoms with Gasteiger partial charge in [0.05, 0.1) is 26.0 Å². The Morgan fingerprint density at radius 2 is 2.25 bits per heavy atom. The number of benzene rings is 1. The van der Waals surface area contributed by atoms with Crippen LogP contribution in [0.25, 0.3) is 0 Å². The number of methoxy groups -OCH3 is 1. The summed E-state index contributed by atoms with van der Waals surface area (Å²) in [5, 5.41) is 4.21. The molecule has 1 heterocycles. The van der Waals surface area contributed by atoms with E-state index in [0.29, 0.717) is 12.4 Å². The van der Waals surface area contributed by atoms with Crippen LogP contribution >= 0.6 is 0 Å². The highest BCUT2D eigenvalue weighted by Gasteiger charge is 2.21. The van der Waals surface area contributed by atoms with Crippen LogP contribution in [0.5, 0.6) is 11.5 Å². The monoisotopic (exact) mass is 276 g/mol. The number of hydrogen-bond acceptors (Lipinski definition) is 5. The molecular formula is C14H20N4O2. The van der Waals surface area contributed by atoms with Crippen molar-refractivity contribution in [3.05, 3.63) is 41.7 Å². The SMILES string of the molecule is CCOc1cccc(C(NN)c2c(OC)cnn2C)c1. The van der Waals surface area contributed by atoms with Gasteiger partial charge in [-0.2, -0.15) is 5.10 Å². The highest BCUT2D eigenvalue weighted by Crippen LogP contribution is 2.30. The van der Waals surface area contributed by atoms with Gasteiger partial charge in [0.25, 0.3) is 0 Å². The number of rotatable bonds is 6. The zero-order valence-electron chi connectivity index (χ0n) is 12.0. The normalized spacial score (nSPS) is 12.2. The van der Waals surface area contributed by atoms with Crippen LogP contribution in [0, 0.1) is 0 Å². The topological polar surface area (TPSA) is 74.3 Å². The average molecular weight is 276 g/mol. The lowest BCUT2D eigenvalue weighted by molar-refractivity contribution is 0.339. The fourth-order valence-corrected chi connectivity index (χ4v) is 2.20. The molecule has 0 aliphatic heterocycles. The van der Waals surface area contributed by atoms with E-state index >= 15 is 0 Å². The molecular weight excluding hydrogens is 256 g/mol. The van der Waals surface area contributed by atoms with Gasteiger partial charge in [0.2, 0.25) is 0 Å². The molecule has 108 valence electrons. The first-order valence-corrected chi connectivity index (χ1v) is 6.46. The van der Waals surface area contributed by atoms with Crippen molar-refractivity contribution in [2.24, 2.45) is 12.9 Å². The lowest BCUT2D eigenvalue weighted by Crippen LogP contribution is -2.30. The van der Waals surface area contributed by atoms with Gasteiger partial charge in [0.15, 0.2) is 5.75 Å². The molecule has 0 saturated heterocycles. The van der Waals surface area contributed by atoms with Crippen LogP contribution in [0.1, 0.15) is 24.2 Å². The minimum atomic E-state index is -0.224. The molecule has 0 aliphatic rings. The Morgan fingerprint density at radius 1 is 1.45 bits per heavy atom. The van der Waals surface area contributed by atoms with E-state index < -0.39 is 0 Å². The summed E-state index contributed by atoms with van der Waals surface area (Å²) in [5.74, 6) is 7.23. The highest BCUT2D eigenvalue weighted by atomic mass is 16.5. The van der Waals surface area contributed by atoms with Crippen LogP contribution in [0.15, 0.2) is 30.5 Å². The molecule has 1 aromatic carbocycles. The van der Waals surface area contributed by atoms with Gasteiger partial charge in [0.1, 0.15) is 11.4 Å². The number of aromatic nitrogens is 2. The summed E-state index contributed by atoms with van der Waals surface area (Å²) in [6.07, 6.45) is 1.67. The molecule has 0 amide bonds. The summed E-state index contributed by atoms with van der Waals surface area (Å²) in [7, 11) is 3.47. The minimum Gasteiger partial charge on any atom is -0.494 e. The standard InChI is InChI=1S/C14H20N4O2/c1-4-20-11-7-5-6-10(8-11)13(17-15)14-12(19-3)9-16-18(14)2/h5-9,13,17H,4,15H2,1-3H3. The quantitative estimate of drug-likeness (QED) is 0.616. The molecule has 2 aromatic rings. The molecule has 0 bridgehead atoms. The highest BCUT2D eigenvalue weighted by molar-refractivity contribution is 5.39. The van der Waals surface area contributed by atoms with Gasteiger partial charge in [-0.05, 0) is 24.6 Å². The van der Waals surface area contributed by atoms with Crippen molar-refractivity contribution >= 4 is 0 Å². The van der Waals surface area contributed by atoms with Crippen molar-refractivity contribution in [2.75, 3.05) is 13.7 Å². The zero-order chi connectivity index (χ0) is 14.5. The first-order valence-electron chi connectivity index (χ1n) is 6.46. The van der Waals surface area contributed by atoms with E-state index in [-0.39, 0.29) is 6.04 Å². The summed E-state index contributed by atoms with van der Waals surface area (Å²) < 4.78 is 12.6. The Labute approximate surface area is 118 Å². The predicted octanol–water partition coefficient (Wildman–Crippen LogP) is 1.38. The van der Waals surface area contributed by atoms with Crippen LogP contribution in [0.2, 0.25) is 0 Å². The van der Waals surface area contributed by atoms with E-state index in [1.807, 2.05) is 38.2 Å². The minimum absolute atomic E-state index is 0.224. The second-order valence-corrected chi connectivity index (χ2v) is 4.33. The van der Waals surface area contributed by atoms with Gasteiger partial charge in [-0.15, -0.1) is 0 Å². The summed E-state index contributed by atoms with van der Waals surface area (Å²) in [5.41, 5.74) is 4.66. The Balaban J connectivity index is 2.41. The second-order valence-electron chi connectivity index (χ2n) is 4.33. The first kappa shape index (κ1) is 14.4. The smallest absolute Gasteiger partial charge is 0.161 e. The van der Waals surface area contributed by atoms with E-state index in [1.165, 1.54) is 0 Å². The van der Waals surface area contributed by atoms with Crippen LogP contribution in [-0.4, -0.2) is 23.5 Å². The maximum atomic E-state index is 5.73.